The minimum absolute atomic E-state index is 0.134. The van der Waals surface area contributed by atoms with Crippen molar-refractivity contribution in [3.8, 4) is 0 Å². The van der Waals surface area contributed by atoms with Gasteiger partial charge in [-0.2, -0.15) is 0 Å². The van der Waals surface area contributed by atoms with E-state index in [1.54, 1.807) is 20.8 Å². The summed E-state index contributed by atoms with van der Waals surface area (Å²) in [5.41, 5.74) is -0.263. The quantitative estimate of drug-likeness (QED) is 0.472. The van der Waals surface area contributed by atoms with E-state index >= 15 is 0 Å². The Morgan fingerprint density at radius 1 is 1.32 bits per heavy atom. The van der Waals surface area contributed by atoms with Gasteiger partial charge in [0.15, 0.2) is 0 Å². The lowest BCUT2D eigenvalue weighted by atomic mass is 9.65. The van der Waals surface area contributed by atoms with Crippen LogP contribution in [0.5, 0.6) is 0 Å². The number of hydrogen-bond donors (Lipinski definition) is 1. The minimum atomic E-state index is -1.04. The number of carbonyl (C=O) groups is 2. The van der Waals surface area contributed by atoms with Crippen LogP contribution in [0.1, 0.15) is 47.0 Å². The van der Waals surface area contributed by atoms with Gasteiger partial charge in [-0.3, -0.25) is 4.79 Å². The van der Waals surface area contributed by atoms with Crippen molar-refractivity contribution in [1.29, 1.82) is 0 Å². The van der Waals surface area contributed by atoms with Gasteiger partial charge in [-0.15, -0.1) is 0 Å². The monoisotopic (exact) mass is 348 g/mol. The number of fused-ring (bicyclic) bond motifs is 2. The first-order valence-corrected chi connectivity index (χ1v) is 8.98. The molecular formula is C20H28O5. The van der Waals surface area contributed by atoms with Crippen LogP contribution in [-0.4, -0.2) is 34.9 Å². The van der Waals surface area contributed by atoms with Gasteiger partial charge in [0.2, 0.25) is 0 Å². The second kappa shape index (κ2) is 5.70. The number of esters is 2. The van der Waals surface area contributed by atoms with Crippen LogP contribution < -0.4 is 0 Å². The molecule has 1 heterocycles. The largest absolute Gasteiger partial charge is 0.461 e. The highest BCUT2D eigenvalue weighted by Gasteiger charge is 2.64. The number of hydrogen-bond acceptors (Lipinski definition) is 5. The summed E-state index contributed by atoms with van der Waals surface area (Å²) in [7, 11) is 0. The SMILES string of the molecule is C=C1C(=O)OC2CC(=C)C3C(OC(=O)C(C)C)CC(C)(O)C3(C)CC12. The summed E-state index contributed by atoms with van der Waals surface area (Å²) in [4.78, 5) is 24.1. The minimum Gasteiger partial charge on any atom is -0.461 e. The molecule has 1 N–H and O–H groups in total. The maximum atomic E-state index is 12.2. The first-order chi connectivity index (χ1) is 11.5. The van der Waals surface area contributed by atoms with E-state index in [1.807, 2.05) is 6.92 Å². The average Bonchev–Trinajstić information content (AvgIpc) is 2.79. The predicted molar refractivity (Wildman–Crippen MR) is 92.4 cm³/mol. The molecule has 138 valence electrons. The van der Waals surface area contributed by atoms with E-state index in [1.165, 1.54) is 0 Å². The van der Waals surface area contributed by atoms with Crippen LogP contribution in [-0.2, 0) is 19.1 Å². The van der Waals surface area contributed by atoms with E-state index in [4.69, 9.17) is 9.47 Å². The Balaban J connectivity index is 1.97. The lowest BCUT2D eigenvalue weighted by molar-refractivity contribution is -0.154. The van der Waals surface area contributed by atoms with E-state index in [0.717, 1.165) is 5.57 Å². The molecule has 3 aliphatic rings. The van der Waals surface area contributed by atoms with Crippen molar-refractivity contribution < 1.29 is 24.2 Å². The Bertz CT molecular complexity index is 646. The van der Waals surface area contributed by atoms with Gasteiger partial charge in [0.25, 0.3) is 0 Å². The molecule has 5 nitrogen and oxygen atoms in total. The van der Waals surface area contributed by atoms with Crippen LogP contribution in [0.4, 0.5) is 0 Å². The zero-order valence-corrected chi connectivity index (χ0v) is 15.5. The first-order valence-electron chi connectivity index (χ1n) is 8.98. The Morgan fingerprint density at radius 2 is 1.96 bits per heavy atom. The van der Waals surface area contributed by atoms with Crippen molar-refractivity contribution in [2.45, 2.75) is 64.8 Å². The first kappa shape index (κ1) is 18.2. The van der Waals surface area contributed by atoms with E-state index < -0.39 is 17.1 Å². The highest BCUT2D eigenvalue weighted by molar-refractivity contribution is 5.90. The molecule has 6 unspecified atom stereocenters. The maximum absolute atomic E-state index is 12.2. The fourth-order valence-corrected chi connectivity index (χ4v) is 4.90. The highest BCUT2D eigenvalue weighted by Crippen LogP contribution is 2.61. The van der Waals surface area contributed by atoms with Crippen molar-refractivity contribution in [3.63, 3.8) is 0 Å². The summed E-state index contributed by atoms with van der Waals surface area (Å²) >= 11 is 0. The maximum Gasteiger partial charge on any atom is 0.334 e. The smallest absolute Gasteiger partial charge is 0.334 e. The normalized spacial score (nSPS) is 43.5. The third kappa shape index (κ3) is 2.64. The molecule has 2 saturated carbocycles. The Morgan fingerprint density at radius 3 is 2.56 bits per heavy atom. The van der Waals surface area contributed by atoms with Gasteiger partial charge in [-0.1, -0.05) is 39.5 Å². The van der Waals surface area contributed by atoms with Gasteiger partial charge in [0.05, 0.1) is 11.5 Å². The molecule has 1 saturated heterocycles. The molecule has 0 radical (unpaired) electrons. The second-order valence-electron chi connectivity index (χ2n) is 8.65. The van der Waals surface area contributed by atoms with Crippen LogP contribution in [0, 0.1) is 23.2 Å². The van der Waals surface area contributed by atoms with Gasteiger partial charge < -0.3 is 14.6 Å². The van der Waals surface area contributed by atoms with Gasteiger partial charge >= 0.3 is 11.9 Å². The van der Waals surface area contributed by atoms with Gasteiger partial charge in [0, 0.05) is 35.7 Å². The van der Waals surface area contributed by atoms with Gasteiger partial charge in [-0.25, -0.2) is 4.79 Å². The standard InChI is InChI=1S/C20H28O5/c1-10(2)17(21)25-15-9-20(6,23)19(5)8-13-12(4)18(22)24-14(13)7-11(3)16(15)19/h10,13-16,23H,3-4,7-9H2,1-2,5-6H3. The van der Waals surface area contributed by atoms with Crippen LogP contribution in [0.25, 0.3) is 0 Å². The van der Waals surface area contributed by atoms with E-state index in [-0.39, 0.29) is 35.8 Å². The zero-order valence-electron chi connectivity index (χ0n) is 15.5. The third-order valence-corrected chi connectivity index (χ3v) is 6.59. The van der Waals surface area contributed by atoms with Crippen molar-refractivity contribution in [2.75, 3.05) is 0 Å². The molecule has 0 aromatic rings. The predicted octanol–water partition coefficient (Wildman–Crippen LogP) is 2.78. The fraction of sp³-hybridized carbons (Fsp3) is 0.700. The van der Waals surface area contributed by atoms with Crippen molar-refractivity contribution in [2.24, 2.45) is 23.2 Å². The lowest BCUT2D eigenvalue weighted by Crippen LogP contribution is -2.44. The van der Waals surface area contributed by atoms with E-state index in [9.17, 15) is 14.7 Å². The molecule has 1 aliphatic heterocycles. The summed E-state index contributed by atoms with van der Waals surface area (Å²) in [6, 6.07) is 0. The third-order valence-electron chi connectivity index (χ3n) is 6.59. The average molecular weight is 348 g/mol. The molecule has 6 atom stereocenters. The fourth-order valence-electron chi connectivity index (χ4n) is 4.90. The van der Waals surface area contributed by atoms with Gasteiger partial charge in [0.1, 0.15) is 12.2 Å². The van der Waals surface area contributed by atoms with Crippen LogP contribution in [0.2, 0.25) is 0 Å². The van der Waals surface area contributed by atoms with Crippen molar-refractivity contribution in [3.05, 3.63) is 24.3 Å². The molecule has 2 aliphatic carbocycles. The van der Waals surface area contributed by atoms with Crippen LogP contribution >= 0.6 is 0 Å². The van der Waals surface area contributed by atoms with Crippen molar-refractivity contribution >= 4 is 11.9 Å². The summed E-state index contributed by atoms with van der Waals surface area (Å²) in [5, 5.41) is 11.2. The molecule has 3 fully saturated rings. The molecule has 3 rings (SSSR count). The molecule has 25 heavy (non-hydrogen) atoms. The van der Waals surface area contributed by atoms with Crippen LogP contribution in [0.3, 0.4) is 0 Å². The summed E-state index contributed by atoms with van der Waals surface area (Å²) in [5.74, 6) is -1.15. The van der Waals surface area contributed by atoms with Gasteiger partial charge in [-0.05, 0) is 13.3 Å². The van der Waals surface area contributed by atoms with E-state index in [0.29, 0.717) is 24.8 Å². The van der Waals surface area contributed by atoms with Crippen LogP contribution in [0.15, 0.2) is 24.3 Å². The number of ether oxygens (including phenoxy) is 2. The lowest BCUT2D eigenvalue weighted by Gasteiger charge is -2.41. The Kier molecular flexibility index (Phi) is 4.14. The Hall–Kier alpha value is -1.62. The Labute approximate surface area is 149 Å². The summed E-state index contributed by atoms with van der Waals surface area (Å²) < 4.78 is 11.2. The molecule has 0 aromatic carbocycles. The number of aliphatic hydroxyl groups is 1. The number of carbonyl (C=O) groups excluding carboxylic acids is 2. The molecule has 0 spiro atoms. The molecule has 5 heteroatoms. The molecule has 0 aromatic heterocycles. The summed E-state index contributed by atoms with van der Waals surface area (Å²) in [6.45, 7) is 15.5. The molecule has 0 bridgehead atoms. The molecule has 0 amide bonds. The van der Waals surface area contributed by atoms with Crippen molar-refractivity contribution in [1.82, 2.24) is 0 Å². The second-order valence-corrected chi connectivity index (χ2v) is 8.65. The van der Waals surface area contributed by atoms with E-state index in [2.05, 4.69) is 13.2 Å². The number of rotatable bonds is 2. The highest BCUT2D eigenvalue weighted by atomic mass is 16.6. The zero-order chi connectivity index (χ0) is 18.7. The summed E-state index contributed by atoms with van der Waals surface area (Å²) in [6.07, 6.45) is 0.748. The topological polar surface area (TPSA) is 72.8 Å². The molecular weight excluding hydrogens is 320 g/mol.